The predicted molar refractivity (Wildman–Crippen MR) is 42.1 cm³/mol. The molecule has 1 unspecified atom stereocenters. The lowest BCUT2D eigenvalue weighted by Gasteiger charge is -2.04. The highest BCUT2D eigenvalue weighted by molar-refractivity contribution is 6.18. The first-order valence-corrected chi connectivity index (χ1v) is 3.67. The number of hydrogen-bond donors (Lipinski definition) is 1. The monoisotopic (exact) mass is 158 g/mol. The third-order valence-corrected chi connectivity index (χ3v) is 1.62. The smallest absolute Gasteiger partial charge is 0.0925 e. The molecule has 0 aliphatic carbocycles. The minimum absolute atomic E-state index is 0.254. The molecule has 1 aromatic carbocycles. The Kier molecular flexibility index (Phi) is 2.72. The average Bonchev–Trinajstić information content (AvgIpc) is 2.05. The summed E-state index contributed by atoms with van der Waals surface area (Å²) in [5.41, 5.74) is 0.873. The summed E-state index contributed by atoms with van der Waals surface area (Å²) in [7, 11) is 0. The Morgan fingerprint density at radius 1 is 1.30 bits per heavy atom. The average molecular weight is 159 g/mol. The molecule has 0 bridgehead atoms. The number of halogens is 1. The van der Waals surface area contributed by atoms with Gasteiger partial charge in [-0.25, -0.2) is 0 Å². The second kappa shape index (κ2) is 3.59. The normalized spacial score (nSPS) is 13.0. The van der Waals surface area contributed by atoms with Gasteiger partial charge in [-0.2, -0.15) is 0 Å². The van der Waals surface area contributed by atoms with Crippen LogP contribution in [0.5, 0.6) is 0 Å². The van der Waals surface area contributed by atoms with Crippen LogP contribution in [0.2, 0.25) is 0 Å². The maximum absolute atomic E-state index is 9.20. The van der Waals surface area contributed by atoms with E-state index >= 15 is 0 Å². The molecular formula is C8H9ClO. The Hall–Kier alpha value is -0.530. The van der Waals surface area contributed by atoms with E-state index in [1.807, 2.05) is 30.3 Å². The van der Waals surface area contributed by atoms with Gasteiger partial charge in [-0.3, -0.25) is 0 Å². The van der Waals surface area contributed by atoms with E-state index in [0.29, 0.717) is 0 Å². The molecular weight excluding hydrogens is 150 g/mol. The highest BCUT2D eigenvalue weighted by atomic mass is 35.5. The molecule has 2 heteroatoms. The molecule has 1 N–H and O–H groups in total. The highest BCUT2D eigenvalue weighted by Gasteiger charge is 2.02. The molecule has 1 aromatic rings. The van der Waals surface area contributed by atoms with Crippen molar-refractivity contribution in [1.82, 2.24) is 0 Å². The molecule has 0 spiro atoms. The van der Waals surface area contributed by atoms with E-state index < -0.39 is 6.10 Å². The quantitative estimate of drug-likeness (QED) is 0.653. The van der Waals surface area contributed by atoms with E-state index in [1.165, 1.54) is 0 Å². The number of aliphatic hydroxyl groups excluding tert-OH is 1. The second-order valence-corrected chi connectivity index (χ2v) is 2.39. The summed E-state index contributed by atoms with van der Waals surface area (Å²) in [4.78, 5) is 0. The molecule has 0 amide bonds. The fraction of sp³-hybridized carbons (Fsp3) is 0.250. The highest BCUT2D eigenvalue weighted by Crippen LogP contribution is 2.12. The van der Waals surface area contributed by atoms with Gasteiger partial charge in [0.1, 0.15) is 0 Å². The van der Waals surface area contributed by atoms with Crippen LogP contribution in [-0.4, -0.2) is 11.0 Å². The van der Waals surface area contributed by atoms with E-state index in [-0.39, 0.29) is 5.88 Å². The van der Waals surface area contributed by atoms with E-state index in [0.717, 1.165) is 5.56 Å². The molecule has 0 fully saturated rings. The van der Waals surface area contributed by atoms with Gasteiger partial charge in [0.15, 0.2) is 0 Å². The Bertz CT molecular complexity index is 186. The molecule has 0 aliphatic rings. The second-order valence-electron chi connectivity index (χ2n) is 2.08. The topological polar surface area (TPSA) is 20.2 Å². The summed E-state index contributed by atoms with van der Waals surface area (Å²) in [6, 6.07) is 9.38. The lowest BCUT2D eigenvalue weighted by atomic mass is 10.3. The summed E-state index contributed by atoms with van der Waals surface area (Å²) < 4.78 is 0. The zero-order chi connectivity index (χ0) is 7.40. The van der Waals surface area contributed by atoms with Crippen molar-refractivity contribution in [2.45, 2.75) is 6.10 Å². The molecule has 0 aromatic heterocycles. The van der Waals surface area contributed by atoms with Crippen LogP contribution in [0.4, 0.5) is 0 Å². The summed E-state index contributed by atoms with van der Waals surface area (Å²) in [5.74, 6) is 0.254. The summed E-state index contributed by atoms with van der Waals surface area (Å²) in [5, 5.41) is 9.20. The Labute approximate surface area is 65.3 Å². The molecule has 0 saturated carbocycles. The standard InChI is InChI=1S/C8H9ClO/c9-6-8(10)7-4-2-1-3-5-7/h1-5,8,10H,6H2/i8+2. The first kappa shape index (κ1) is 7.58. The van der Waals surface area contributed by atoms with Crippen molar-refractivity contribution in [3.8, 4) is 0 Å². The molecule has 0 saturated heterocycles. The number of hydrogen-bond acceptors (Lipinski definition) is 1. The van der Waals surface area contributed by atoms with Gasteiger partial charge in [-0.05, 0) is 5.56 Å². The molecule has 54 valence electrons. The van der Waals surface area contributed by atoms with Crippen LogP contribution >= 0.6 is 11.6 Å². The molecule has 1 rings (SSSR count). The Morgan fingerprint density at radius 2 is 1.90 bits per heavy atom. The molecule has 0 aliphatic heterocycles. The van der Waals surface area contributed by atoms with E-state index in [1.54, 1.807) is 0 Å². The molecule has 1 nitrogen and oxygen atoms in total. The van der Waals surface area contributed by atoms with Crippen LogP contribution in [0.1, 0.15) is 11.7 Å². The number of benzene rings is 1. The van der Waals surface area contributed by atoms with Crippen molar-refractivity contribution >= 4 is 11.6 Å². The van der Waals surface area contributed by atoms with Crippen LogP contribution in [0.25, 0.3) is 0 Å². The van der Waals surface area contributed by atoms with Crippen LogP contribution in [0.3, 0.4) is 0 Å². The van der Waals surface area contributed by atoms with E-state index in [2.05, 4.69) is 0 Å². The van der Waals surface area contributed by atoms with Gasteiger partial charge in [0.2, 0.25) is 0 Å². The molecule has 10 heavy (non-hydrogen) atoms. The lowest BCUT2D eigenvalue weighted by Crippen LogP contribution is -1.96. The van der Waals surface area contributed by atoms with Crippen molar-refractivity contribution in [2.24, 2.45) is 0 Å². The van der Waals surface area contributed by atoms with Gasteiger partial charge in [-0.15, -0.1) is 11.6 Å². The molecule has 0 radical (unpaired) electrons. The van der Waals surface area contributed by atoms with Crippen LogP contribution < -0.4 is 0 Å². The third kappa shape index (κ3) is 1.72. The first-order chi connectivity index (χ1) is 4.84. The largest absolute Gasteiger partial charge is 0.387 e. The molecule has 0 heterocycles. The van der Waals surface area contributed by atoms with Crippen molar-refractivity contribution in [1.29, 1.82) is 0 Å². The zero-order valence-electron chi connectivity index (χ0n) is 5.50. The van der Waals surface area contributed by atoms with Crippen molar-refractivity contribution < 1.29 is 5.11 Å². The number of alkyl halides is 1. The SMILES string of the molecule is O[14CH](CCl)c1ccccc1. The van der Waals surface area contributed by atoms with Gasteiger partial charge in [0.25, 0.3) is 0 Å². The number of aliphatic hydroxyl groups is 1. The van der Waals surface area contributed by atoms with Crippen molar-refractivity contribution in [2.75, 3.05) is 5.88 Å². The Balaban J connectivity index is 2.75. The minimum atomic E-state index is -0.525. The van der Waals surface area contributed by atoms with E-state index in [4.69, 9.17) is 11.6 Å². The third-order valence-electron chi connectivity index (χ3n) is 1.33. The van der Waals surface area contributed by atoms with Crippen LogP contribution in [0, 0.1) is 0 Å². The number of rotatable bonds is 2. The van der Waals surface area contributed by atoms with Gasteiger partial charge in [0, 0.05) is 0 Å². The fourth-order valence-corrected chi connectivity index (χ4v) is 0.942. The van der Waals surface area contributed by atoms with Crippen LogP contribution in [0.15, 0.2) is 30.3 Å². The zero-order valence-corrected chi connectivity index (χ0v) is 6.25. The van der Waals surface area contributed by atoms with Gasteiger partial charge in [-0.1, -0.05) is 30.3 Å². The first-order valence-electron chi connectivity index (χ1n) is 3.13. The van der Waals surface area contributed by atoms with Gasteiger partial charge in [0.05, 0.1) is 12.0 Å². The minimum Gasteiger partial charge on any atom is -0.387 e. The maximum atomic E-state index is 9.20. The summed E-state index contributed by atoms with van der Waals surface area (Å²) in [6.45, 7) is 0. The van der Waals surface area contributed by atoms with Gasteiger partial charge >= 0.3 is 0 Å². The Morgan fingerprint density at radius 3 is 2.40 bits per heavy atom. The summed E-state index contributed by atoms with van der Waals surface area (Å²) >= 11 is 5.44. The van der Waals surface area contributed by atoms with Crippen molar-refractivity contribution in [3.05, 3.63) is 35.9 Å². The summed E-state index contributed by atoms with van der Waals surface area (Å²) in [6.07, 6.45) is -0.525. The van der Waals surface area contributed by atoms with Gasteiger partial charge < -0.3 is 5.11 Å². The fourth-order valence-electron chi connectivity index (χ4n) is 0.764. The van der Waals surface area contributed by atoms with Crippen LogP contribution in [-0.2, 0) is 0 Å². The van der Waals surface area contributed by atoms with Crippen molar-refractivity contribution in [3.63, 3.8) is 0 Å². The lowest BCUT2D eigenvalue weighted by molar-refractivity contribution is 0.202. The predicted octanol–water partition coefficient (Wildman–Crippen LogP) is 1.96. The molecule has 1 atom stereocenters. The maximum Gasteiger partial charge on any atom is 0.0925 e. The van der Waals surface area contributed by atoms with E-state index in [9.17, 15) is 5.11 Å².